The third-order valence-corrected chi connectivity index (χ3v) is 8.32. The van der Waals surface area contributed by atoms with E-state index in [1.807, 2.05) is 32.2 Å². The zero-order chi connectivity index (χ0) is 21.9. The van der Waals surface area contributed by atoms with E-state index in [1.54, 1.807) is 0 Å². The third-order valence-electron chi connectivity index (χ3n) is 8.32. The Bertz CT molecular complexity index is 955. The van der Waals surface area contributed by atoms with E-state index < -0.39 is 0 Å². The van der Waals surface area contributed by atoms with Crippen LogP contribution < -0.4 is 4.90 Å². The maximum absolute atomic E-state index is 13.6. The molecule has 0 radical (unpaired) electrons. The van der Waals surface area contributed by atoms with E-state index in [2.05, 4.69) is 24.9 Å². The molecule has 7 nitrogen and oxygen atoms in total. The van der Waals surface area contributed by atoms with E-state index in [4.69, 9.17) is 4.52 Å². The summed E-state index contributed by atoms with van der Waals surface area (Å²) in [6.45, 7) is 7.34. The molecule has 7 rings (SSSR count). The highest BCUT2D eigenvalue weighted by Gasteiger charge is 2.55. The van der Waals surface area contributed by atoms with Crippen LogP contribution in [0.15, 0.2) is 22.9 Å². The highest BCUT2D eigenvalue weighted by Crippen LogP contribution is 2.60. The number of hydrogen-bond acceptors (Lipinski definition) is 6. The molecule has 1 saturated heterocycles. The Hall–Kier alpha value is -2.44. The van der Waals surface area contributed by atoms with Gasteiger partial charge in [-0.15, -0.1) is 0 Å². The summed E-state index contributed by atoms with van der Waals surface area (Å²) in [6, 6.07) is 4.03. The summed E-state index contributed by atoms with van der Waals surface area (Å²) in [7, 11) is 0. The first-order chi connectivity index (χ1) is 15.5. The van der Waals surface area contributed by atoms with E-state index in [0.717, 1.165) is 74.6 Å². The summed E-state index contributed by atoms with van der Waals surface area (Å²) >= 11 is 0. The fourth-order valence-electron chi connectivity index (χ4n) is 7.14. The summed E-state index contributed by atoms with van der Waals surface area (Å²) in [4.78, 5) is 27.2. The Balaban J connectivity index is 1.09. The number of carbonyl (C=O) groups is 1. The Morgan fingerprint density at radius 3 is 2.22 bits per heavy atom. The lowest BCUT2D eigenvalue weighted by atomic mass is 9.49. The molecule has 32 heavy (non-hydrogen) atoms. The molecule has 5 aliphatic rings. The summed E-state index contributed by atoms with van der Waals surface area (Å²) in [6.07, 6.45) is 9.40. The highest BCUT2D eigenvalue weighted by molar-refractivity contribution is 5.83. The molecule has 7 heteroatoms. The van der Waals surface area contributed by atoms with Gasteiger partial charge >= 0.3 is 0 Å². The molecule has 4 aliphatic carbocycles. The predicted octanol–water partition coefficient (Wildman–Crippen LogP) is 4.12. The second kappa shape index (κ2) is 7.56. The van der Waals surface area contributed by atoms with Crippen molar-refractivity contribution in [1.82, 2.24) is 20.0 Å². The lowest BCUT2D eigenvalue weighted by Crippen LogP contribution is -2.58. The van der Waals surface area contributed by atoms with Crippen LogP contribution in [0.2, 0.25) is 0 Å². The van der Waals surface area contributed by atoms with E-state index in [0.29, 0.717) is 17.6 Å². The molecule has 0 atom stereocenters. The zero-order valence-corrected chi connectivity index (χ0v) is 19.2. The normalized spacial score (nSPS) is 31.5. The Morgan fingerprint density at radius 1 is 1.03 bits per heavy atom. The summed E-state index contributed by atoms with van der Waals surface area (Å²) in [5.41, 5.74) is 0.830. The van der Waals surface area contributed by atoms with Crippen molar-refractivity contribution in [1.29, 1.82) is 0 Å². The number of carbonyl (C=O) groups excluding carboxylic acids is 1. The molecule has 170 valence electrons. The maximum atomic E-state index is 13.6. The van der Waals surface area contributed by atoms with Crippen molar-refractivity contribution < 1.29 is 9.32 Å². The van der Waals surface area contributed by atoms with Gasteiger partial charge in [0.1, 0.15) is 5.82 Å². The first kappa shape index (κ1) is 20.2. The zero-order valence-electron chi connectivity index (χ0n) is 19.2. The van der Waals surface area contributed by atoms with Gasteiger partial charge in [-0.2, -0.15) is 4.98 Å². The van der Waals surface area contributed by atoms with Crippen LogP contribution in [0.25, 0.3) is 11.4 Å². The Kier molecular flexibility index (Phi) is 4.77. The lowest BCUT2D eigenvalue weighted by molar-refractivity contribution is -0.158. The smallest absolute Gasteiger partial charge is 0.229 e. The molecule has 0 spiro atoms. The SMILES string of the molecule is CC(C)c1nc(-c2ccc(N3CCN(C(=O)C45CC6CC(CC(C6)C4)C5)CC3)nc2)no1. The molecule has 4 bridgehead atoms. The molecule has 0 aromatic carbocycles. The molecule has 2 aromatic rings. The molecule has 5 fully saturated rings. The topological polar surface area (TPSA) is 75.4 Å². The average Bonchev–Trinajstić information content (AvgIpc) is 3.29. The van der Waals surface area contributed by atoms with E-state index in [9.17, 15) is 4.79 Å². The standard InChI is InChI=1S/C25H33N5O2/c1-16(2)23-27-22(28-32-23)20-3-4-21(26-15-20)29-5-7-30(8-6-29)24(31)25-12-17-9-18(13-25)11-19(10-17)14-25/h3-4,15-19H,5-14H2,1-2H3. The summed E-state index contributed by atoms with van der Waals surface area (Å²) < 4.78 is 5.31. The van der Waals surface area contributed by atoms with Crippen LogP contribution >= 0.6 is 0 Å². The van der Waals surface area contributed by atoms with E-state index in [1.165, 1.54) is 19.3 Å². The molecule has 1 aliphatic heterocycles. The quantitative estimate of drug-likeness (QED) is 0.719. The van der Waals surface area contributed by atoms with Crippen molar-refractivity contribution in [2.75, 3.05) is 31.1 Å². The van der Waals surface area contributed by atoms with Crippen molar-refractivity contribution in [3.8, 4) is 11.4 Å². The maximum Gasteiger partial charge on any atom is 0.229 e. The van der Waals surface area contributed by atoms with Crippen molar-refractivity contribution in [2.45, 2.75) is 58.3 Å². The molecule has 4 saturated carbocycles. The number of piperazine rings is 1. The number of pyridine rings is 1. The van der Waals surface area contributed by atoms with Gasteiger partial charge in [0.2, 0.25) is 17.6 Å². The molecular formula is C25H33N5O2. The van der Waals surface area contributed by atoms with Gasteiger partial charge in [-0.1, -0.05) is 19.0 Å². The molecule has 0 unspecified atom stereocenters. The first-order valence-corrected chi connectivity index (χ1v) is 12.3. The number of rotatable bonds is 4. The highest BCUT2D eigenvalue weighted by atomic mass is 16.5. The molecule has 2 aromatic heterocycles. The lowest BCUT2D eigenvalue weighted by Gasteiger charge is -2.57. The number of nitrogens with zero attached hydrogens (tertiary/aromatic N) is 5. The van der Waals surface area contributed by atoms with Gasteiger partial charge in [-0.3, -0.25) is 4.79 Å². The van der Waals surface area contributed by atoms with Crippen LogP contribution in [-0.2, 0) is 4.79 Å². The number of aromatic nitrogens is 3. The second-order valence-corrected chi connectivity index (χ2v) is 11.0. The molecular weight excluding hydrogens is 402 g/mol. The third kappa shape index (κ3) is 3.41. The minimum Gasteiger partial charge on any atom is -0.353 e. The van der Waals surface area contributed by atoms with Gasteiger partial charge < -0.3 is 14.3 Å². The fourth-order valence-corrected chi connectivity index (χ4v) is 7.14. The van der Waals surface area contributed by atoms with Gasteiger partial charge in [0.15, 0.2) is 0 Å². The Morgan fingerprint density at radius 2 is 1.69 bits per heavy atom. The monoisotopic (exact) mass is 435 g/mol. The van der Waals surface area contributed by atoms with Crippen LogP contribution in [-0.4, -0.2) is 52.1 Å². The van der Waals surface area contributed by atoms with Gasteiger partial charge in [0.25, 0.3) is 0 Å². The number of hydrogen-bond donors (Lipinski definition) is 0. The van der Waals surface area contributed by atoms with E-state index in [-0.39, 0.29) is 11.3 Å². The van der Waals surface area contributed by atoms with Crippen LogP contribution in [0.1, 0.15) is 64.2 Å². The van der Waals surface area contributed by atoms with Crippen LogP contribution in [0, 0.1) is 23.2 Å². The minimum absolute atomic E-state index is 0.0315. The second-order valence-electron chi connectivity index (χ2n) is 11.0. The molecule has 3 heterocycles. The van der Waals surface area contributed by atoms with Gasteiger partial charge in [-0.25, -0.2) is 4.98 Å². The van der Waals surface area contributed by atoms with Crippen LogP contribution in [0.5, 0.6) is 0 Å². The fraction of sp³-hybridized carbons (Fsp3) is 0.680. The first-order valence-electron chi connectivity index (χ1n) is 12.3. The summed E-state index contributed by atoms with van der Waals surface area (Å²) in [5, 5.41) is 4.07. The van der Waals surface area contributed by atoms with Crippen LogP contribution in [0.3, 0.4) is 0 Å². The predicted molar refractivity (Wildman–Crippen MR) is 121 cm³/mol. The van der Waals surface area contributed by atoms with Crippen LogP contribution in [0.4, 0.5) is 5.82 Å². The minimum atomic E-state index is -0.0315. The average molecular weight is 436 g/mol. The van der Waals surface area contributed by atoms with Crippen molar-refractivity contribution in [2.24, 2.45) is 23.2 Å². The number of anilines is 1. The largest absolute Gasteiger partial charge is 0.353 e. The Labute approximate surface area is 189 Å². The van der Waals surface area contributed by atoms with Gasteiger partial charge in [0, 0.05) is 43.9 Å². The summed E-state index contributed by atoms with van der Waals surface area (Å²) in [5.74, 6) is 5.27. The number of amides is 1. The van der Waals surface area contributed by atoms with Gasteiger partial charge in [0.05, 0.1) is 5.41 Å². The van der Waals surface area contributed by atoms with Crippen molar-refractivity contribution in [3.63, 3.8) is 0 Å². The van der Waals surface area contributed by atoms with E-state index >= 15 is 0 Å². The molecule has 1 amide bonds. The van der Waals surface area contributed by atoms with Crippen molar-refractivity contribution >= 4 is 11.7 Å². The van der Waals surface area contributed by atoms with Crippen molar-refractivity contribution in [3.05, 3.63) is 24.2 Å². The van der Waals surface area contributed by atoms with Gasteiger partial charge in [-0.05, 0) is 68.4 Å². The molecule has 0 N–H and O–H groups in total.